The van der Waals surface area contributed by atoms with Crippen LogP contribution in [0, 0.1) is 5.92 Å². The highest BCUT2D eigenvalue weighted by Crippen LogP contribution is 2.37. The fraction of sp³-hybridized carbons (Fsp3) is 0.562. The van der Waals surface area contributed by atoms with Crippen LogP contribution in [0.1, 0.15) is 25.8 Å². The summed E-state index contributed by atoms with van der Waals surface area (Å²) in [5.74, 6) is 0.408. The molecule has 1 heterocycles. The third-order valence-electron chi connectivity index (χ3n) is 4.46. The van der Waals surface area contributed by atoms with Crippen LogP contribution in [-0.2, 0) is 11.3 Å². The van der Waals surface area contributed by atoms with E-state index in [2.05, 4.69) is 19.2 Å². The van der Waals surface area contributed by atoms with Gasteiger partial charge in [-0.2, -0.15) is 0 Å². The predicted octanol–water partition coefficient (Wildman–Crippen LogP) is 2.64. The van der Waals surface area contributed by atoms with E-state index in [1.54, 1.807) is 0 Å². The van der Waals surface area contributed by atoms with Crippen molar-refractivity contribution in [2.24, 2.45) is 5.92 Å². The fourth-order valence-electron chi connectivity index (χ4n) is 2.71. The maximum Gasteiger partial charge on any atom is 0.410 e. The highest BCUT2D eigenvalue weighted by atomic mass is 16.6. The second kappa shape index (κ2) is 6.27. The van der Waals surface area contributed by atoms with Crippen molar-refractivity contribution in [3.63, 3.8) is 0 Å². The van der Waals surface area contributed by atoms with Gasteiger partial charge in [-0.05, 0) is 38.4 Å². The maximum atomic E-state index is 12.2. The zero-order valence-corrected chi connectivity index (χ0v) is 12.6. The van der Waals surface area contributed by atoms with E-state index in [1.165, 1.54) is 0 Å². The van der Waals surface area contributed by atoms with Crippen LogP contribution < -0.4 is 5.32 Å². The van der Waals surface area contributed by atoms with Crippen LogP contribution in [0.15, 0.2) is 30.3 Å². The lowest BCUT2D eigenvalue weighted by atomic mass is 9.76. The van der Waals surface area contributed by atoms with Crippen LogP contribution in [0.4, 0.5) is 4.79 Å². The van der Waals surface area contributed by atoms with E-state index in [0.717, 1.165) is 25.1 Å². The Morgan fingerprint density at radius 1 is 1.45 bits per heavy atom. The Balaban J connectivity index is 1.89. The van der Waals surface area contributed by atoms with Gasteiger partial charge in [-0.15, -0.1) is 0 Å². The number of hydrogen-bond donors (Lipinski definition) is 1. The second-order valence-electron chi connectivity index (χ2n) is 5.76. The van der Waals surface area contributed by atoms with Crippen molar-refractivity contribution in [2.75, 3.05) is 20.1 Å². The molecule has 0 saturated carbocycles. The van der Waals surface area contributed by atoms with E-state index in [0.29, 0.717) is 12.5 Å². The zero-order valence-electron chi connectivity index (χ0n) is 12.6. The highest BCUT2D eigenvalue weighted by molar-refractivity contribution is 5.70. The Labute approximate surface area is 121 Å². The largest absolute Gasteiger partial charge is 0.445 e. The van der Waals surface area contributed by atoms with Gasteiger partial charge in [0.1, 0.15) is 6.61 Å². The summed E-state index contributed by atoms with van der Waals surface area (Å²) < 4.78 is 5.42. The summed E-state index contributed by atoms with van der Waals surface area (Å²) in [6.07, 6.45) is 0.835. The Kier molecular flexibility index (Phi) is 4.65. The van der Waals surface area contributed by atoms with Gasteiger partial charge in [-0.25, -0.2) is 4.79 Å². The third kappa shape index (κ3) is 2.96. The first-order valence-corrected chi connectivity index (χ1v) is 7.21. The molecule has 1 aliphatic rings. The molecule has 1 aromatic rings. The number of carbonyl (C=O) groups excluding carboxylic acids is 1. The lowest BCUT2D eigenvalue weighted by Gasteiger charge is -2.53. The van der Waals surface area contributed by atoms with Crippen LogP contribution in [-0.4, -0.2) is 36.7 Å². The molecule has 20 heavy (non-hydrogen) atoms. The van der Waals surface area contributed by atoms with Crippen LogP contribution in [0.25, 0.3) is 0 Å². The smallest absolute Gasteiger partial charge is 0.410 e. The van der Waals surface area contributed by atoms with Gasteiger partial charge in [-0.1, -0.05) is 37.3 Å². The summed E-state index contributed by atoms with van der Waals surface area (Å²) in [7, 11) is 1.94. The number of ether oxygens (including phenoxy) is 1. The van der Waals surface area contributed by atoms with Crippen LogP contribution in [0.3, 0.4) is 0 Å². The molecule has 1 amide bonds. The SMILES string of the molecule is CNC[C@@H](C)C1(C)CCN1C(=O)OCc1ccccc1. The fourth-order valence-corrected chi connectivity index (χ4v) is 2.71. The molecular weight excluding hydrogens is 252 g/mol. The molecule has 1 unspecified atom stereocenters. The summed E-state index contributed by atoms with van der Waals surface area (Å²) in [5, 5.41) is 3.18. The van der Waals surface area contributed by atoms with E-state index in [-0.39, 0.29) is 11.6 Å². The van der Waals surface area contributed by atoms with Crippen LogP contribution in [0.2, 0.25) is 0 Å². The molecular formula is C16H24N2O2. The number of hydrogen-bond acceptors (Lipinski definition) is 3. The number of nitrogens with zero attached hydrogens (tertiary/aromatic N) is 1. The Hall–Kier alpha value is -1.55. The van der Waals surface area contributed by atoms with E-state index >= 15 is 0 Å². The molecule has 1 saturated heterocycles. The molecule has 1 aliphatic heterocycles. The summed E-state index contributed by atoms with van der Waals surface area (Å²) >= 11 is 0. The van der Waals surface area contributed by atoms with E-state index in [9.17, 15) is 4.79 Å². The molecule has 4 nitrogen and oxygen atoms in total. The lowest BCUT2D eigenvalue weighted by Crippen LogP contribution is -2.64. The summed E-state index contributed by atoms with van der Waals surface area (Å²) in [6, 6.07) is 9.79. The molecule has 0 radical (unpaired) electrons. The van der Waals surface area contributed by atoms with E-state index < -0.39 is 0 Å². The van der Waals surface area contributed by atoms with Gasteiger partial charge in [0.2, 0.25) is 0 Å². The van der Waals surface area contributed by atoms with E-state index in [1.807, 2.05) is 42.3 Å². The Morgan fingerprint density at radius 2 is 2.15 bits per heavy atom. The predicted molar refractivity (Wildman–Crippen MR) is 79.4 cm³/mol. The van der Waals surface area contributed by atoms with Crippen LogP contribution >= 0.6 is 0 Å². The maximum absolute atomic E-state index is 12.2. The van der Waals surface area contributed by atoms with Crippen molar-refractivity contribution in [1.82, 2.24) is 10.2 Å². The number of rotatable bonds is 5. The van der Waals surface area contributed by atoms with Gasteiger partial charge in [0, 0.05) is 12.1 Å². The standard InChI is InChI=1S/C16H24N2O2/c1-13(11-17-3)16(2)9-10-18(16)15(19)20-12-14-7-5-4-6-8-14/h4-8,13,17H,9-12H2,1-3H3/t13-,16?/m1/s1. The Morgan fingerprint density at radius 3 is 2.70 bits per heavy atom. The number of carbonyl (C=O) groups is 1. The molecule has 0 bridgehead atoms. The number of amides is 1. The average Bonchev–Trinajstić information content (AvgIpc) is 2.44. The van der Waals surface area contributed by atoms with E-state index in [4.69, 9.17) is 4.74 Å². The summed E-state index contributed by atoms with van der Waals surface area (Å²) in [5.41, 5.74) is 0.933. The monoisotopic (exact) mass is 276 g/mol. The number of nitrogens with one attached hydrogen (secondary N) is 1. The summed E-state index contributed by atoms with van der Waals surface area (Å²) in [6.45, 7) is 6.35. The van der Waals surface area contributed by atoms with Crippen molar-refractivity contribution in [3.8, 4) is 0 Å². The quantitative estimate of drug-likeness (QED) is 0.899. The van der Waals surface area contributed by atoms with Crippen molar-refractivity contribution < 1.29 is 9.53 Å². The lowest BCUT2D eigenvalue weighted by molar-refractivity contribution is -0.0360. The van der Waals surface area contributed by atoms with Gasteiger partial charge in [0.15, 0.2) is 0 Å². The molecule has 1 fully saturated rings. The minimum atomic E-state index is -0.203. The average molecular weight is 276 g/mol. The van der Waals surface area contributed by atoms with Crippen molar-refractivity contribution in [3.05, 3.63) is 35.9 Å². The van der Waals surface area contributed by atoms with Crippen molar-refractivity contribution >= 4 is 6.09 Å². The molecule has 1 N–H and O–H groups in total. The summed E-state index contributed by atoms with van der Waals surface area (Å²) in [4.78, 5) is 14.1. The minimum absolute atomic E-state index is 0.0865. The first-order valence-electron chi connectivity index (χ1n) is 7.21. The molecule has 0 aliphatic carbocycles. The van der Waals surface area contributed by atoms with Gasteiger partial charge in [0.05, 0.1) is 0 Å². The molecule has 2 rings (SSSR count). The zero-order chi connectivity index (χ0) is 14.6. The highest BCUT2D eigenvalue weighted by Gasteiger charge is 2.47. The van der Waals surface area contributed by atoms with Gasteiger partial charge in [0.25, 0.3) is 0 Å². The van der Waals surface area contributed by atoms with Crippen molar-refractivity contribution in [1.29, 1.82) is 0 Å². The van der Waals surface area contributed by atoms with Crippen molar-refractivity contribution in [2.45, 2.75) is 32.4 Å². The number of benzene rings is 1. The molecule has 0 spiro atoms. The van der Waals surface area contributed by atoms with Gasteiger partial charge >= 0.3 is 6.09 Å². The molecule has 0 aromatic heterocycles. The van der Waals surface area contributed by atoms with Gasteiger partial charge in [-0.3, -0.25) is 0 Å². The topological polar surface area (TPSA) is 41.6 Å². The number of likely N-dealkylation sites (tertiary alicyclic amines) is 1. The molecule has 2 atom stereocenters. The first kappa shape index (κ1) is 14.9. The Bertz CT molecular complexity index is 449. The minimum Gasteiger partial charge on any atom is -0.445 e. The molecule has 4 heteroatoms. The second-order valence-corrected chi connectivity index (χ2v) is 5.76. The van der Waals surface area contributed by atoms with Gasteiger partial charge < -0.3 is 15.0 Å². The molecule has 1 aromatic carbocycles. The van der Waals surface area contributed by atoms with Crippen LogP contribution in [0.5, 0.6) is 0 Å². The normalized spacial score (nSPS) is 23.1. The molecule has 110 valence electrons. The first-order chi connectivity index (χ1) is 9.58. The third-order valence-corrected chi connectivity index (χ3v) is 4.46.